The predicted molar refractivity (Wildman–Crippen MR) is 108 cm³/mol. The fraction of sp³-hybridized carbons (Fsp3) is 0.273. The first-order chi connectivity index (χ1) is 13.1. The predicted octanol–water partition coefficient (Wildman–Crippen LogP) is 3.69. The van der Waals surface area contributed by atoms with Crippen LogP contribution in [0.15, 0.2) is 48.0 Å². The smallest absolute Gasteiger partial charge is 0.266 e. The molecule has 0 unspecified atom stereocenters. The monoisotopic (exact) mass is 361 g/mol. The summed E-state index contributed by atoms with van der Waals surface area (Å²) in [6, 6.07) is 15.5. The molecule has 0 saturated carbocycles. The minimum atomic E-state index is -0.405. The van der Waals surface area contributed by atoms with Crippen LogP contribution >= 0.6 is 0 Å². The summed E-state index contributed by atoms with van der Waals surface area (Å²) in [6.07, 6.45) is 1.61. The van der Waals surface area contributed by atoms with E-state index in [4.69, 9.17) is 4.74 Å². The number of hydrogen-bond donors (Lipinski definition) is 1. The van der Waals surface area contributed by atoms with E-state index in [0.29, 0.717) is 5.69 Å². The van der Waals surface area contributed by atoms with Gasteiger partial charge in [0.2, 0.25) is 0 Å². The zero-order chi connectivity index (χ0) is 19.2. The highest BCUT2D eigenvalue weighted by molar-refractivity contribution is 6.09. The second-order valence-corrected chi connectivity index (χ2v) is 6.61. The van der Waals surface area contributed by atoms with Gasteiger partial charge in [-0.25, -0.2) is 0 Å². The summed E-state index contributed by atoms with van der Waals surface area (Å²) < 4.78 is 5.37. The van der Waals surface area contributed by atoms with Gasteiger partial charge in [0, 0.05) is 24.5 Å². The molecule has 1 aliphatic heterocycles. The Kier molecular flexibility index (Phi) is 5.90. The highest BCUT2D eigenvalue weighted by Gasteiger charge is 2.12. The normalized spacial score (nSPS) is 14.6. The van der Waals surface area contributed by atoms with Gasteiger partial charge in [-0.1, -0.05) is 18.2 Å². The molecule has 0 aliphatic carbocycles. The Morgan fingerprint density at radius 2 is 1.81 bits per heavy atom. The lowest BCUT2D eigenvalue weighted by Crippen LogP contribution is -2.36. The lowest BCUT2D eigenvalue weighted by atomic mass is 10.1. The number of nitrogens with one attached hydrogen (secondary N) is 1. The number of ether oxygens (including phenoxy) is 1. The summed E-state index contributed by atoms with van der Waals surface area (Å²) in [6.45, 7) is 7.22. The van der Waals surface area contributed by atoms with Crippen molar-refractivity contribution in [2.45, 2.75) is 13.8 Å². The third kappa shape index (κ3) is 4.75. The summed E-state index contributed by atoms with van der Waals surface area (Å²) in [7, 11) is 0. The lowest BCUT2D eigenvalue weighted by molar-refractivity contribution is -0.112. The van der Waals surface area contributed by atoms with E-state index in [1.54, 1.807) is 6.08 Å². The molecule has 1 fully saturated rings. The number of anilines is 2. The van der Waals surface area contributed by atoms with Crippen LogP contribution in [0.5, 0.6) is 0 Å². The number of amides is 1. The van der Waals surface area contributed by atoms with E-state index < -0.39 is 5.91 Å². The van der Waals surface area contributed by atoms with Crippen LogP contribution in [0.25, 0.3) is 6.08 Å². The van der Waals surface area contributed by atoms with Gasteiger partial charge in [0.1, 0.15) is 11.6 Å². The number of aryl methyl sites for hydroxylation is 2. The molecule has 0 atom stereocenters. The maximum atomic E-state index is 12.4. The van der Waals surface area contributed by atoms with E-state index in [1.807, 2.05) is 62.4 Å². The fourth-order valence-corrected chi connectivity index (χ4v) is 2.94. The Hall–Kier alpha value is -3.10. The molecule has 0 spiro atoms. The molecule has 2 aromatic carbocycles. The van der Waals surface area contributed by atoms with Crippen LogP contribution in [0.1, 0.15) is 16.7 Å². The second kappa shape index (κ2) is 8.52. The minimum Gasteiger partial charge on any atom is -0.378 e. The molecule has 1 heterocycles. The molecule has 5 nitrogen and oxygen atoms in total. The molecule has 1 saturated heterocycles. The molecule has 2 aromatic rings. The first kappa shape index (κ1) is 18.7. The van der Waals surface area contributed by atoms with Crippen LogP contribution < -0.4 is 10.2 Å². The fourth-order valence-electron chi connectivity index (χ4n) is 2.94. The molecule has 3 rings (SSSR count). The van der Waals surface area contributed by atoms with Gasteiger partial charge in [-0.3, -0.25) is 4.79 Å². The van der Waals surface area contributed by atoms with Crippen molar-refractivity contribution in [3.05, 3.63) is 64.7 Å². The summed E-state index contributed by atoms with van der Waals surface area (Å²) in [5, 5.41) is 12.2. The van der Waals surface area contributed by atoms with Crippen molar-refractivity contribution in [2.24, 2.45) is 0 Å². The van der Waals surface area contributed by atoms with E-state index in [-0.39, 0.29) is 5.57 Å². The first-order valence-electron chi connectivity index (χ1n) is 9.00. The SMILES string of the molecule is Cc1ccc(NC(=O)/C(C#N)=C/c2ccc(N3CCOCC3)cc2)cc1C. The van der Waals surface area contributed by atoms with Crippen LogP contribution in [0.2, 0.25) is 0 Å². The molecular weight excluding hydrogens is 338 g/mol. The number of carbonyl (C=O) groups is 1. The van der Waals surface area contributed by atoms with Crippen molar-refractivity contribution in [1.29, 1.82) is 5.26 Å². The van der Waals surface area contributed by atoms with E-state index >= 15 is 0 Å². The van der Waals surface area contributed by atoms with Gasteiger partial charge in [-0.05, 0) is 60.9 Å². The van der Waals surface area contributed by atoms with Crippen LogP contribution in [-0.4, -0.2) is 32.2 Å². The topological polar surface area (TPSA) is 65.4 Å². The largest absolute Gasteiger partial charge is 0.378 e. The van der Waals surface area contributed by atoms with E-state index in [2.05, 4.69) is 10.2 Å². The summed E-state index contributed by atoms with van der Waals surface area (Å²) in [5.41, 5.74) is 4.95. The van der Waals surface area contributed by atoms with Crippen molar-refractivity contribution < 1.29 is 9.53 Å². The molecule has 0 radical (unpaired) electrons. The Bertz CT molecular complexity index is 889. The van der Waals surface area contributed by atoms with Gasteiger partial charge >= 0.3 is 0 Å². The lowest BCUT2D eigenvalue weighted by Gasteiger charge is -2.28. The maximum absolute atomic E-state index is 12.4. The minimum absolute atomic E-state index is 0.0763. The van der Waals surface area contributed by atoms with Crippen molar-refractivity contribution in [2.75, 3.05) is 36.5 Å². The Labute approximate surface area is 159 Å². The number of hydrogen-bond acceptors (Lipinski definition) is 4. The second-order valence-electron chi connectivity index (χ2n) is 6.61. The number of morpholine rings is 1. The standard InChI is InChI=1S/C22H23N3O2/c1-16-3-6-20(13-17(16)2)24-22(26)19(15-23)14-18-4-7-21(8-5-18)25-9-11-27-12-10-25/h3-8,13-14H,9-12H2,1-2H3,(H,24,26)/b19-14+. The van der Waals surface area contributed by atoms with Crippen LogP contribution in [0, 0.1) is 25.2 Å². The van der Waals surface area contributed by atoms with Gasteiger partial charge in [0.25, 0.3) is 5.91 Å². The van der Waals surface area contributed by atoms with E-state index in [0.717, 1.165) is 48.7 Å². The maximum Gasteiger partial charge on any atom is 0.266 e. The molecular formula is C22H23N3O2. The quantitative estimate of drug-likeness (QED) is 0.666. The van der Waals surface area contributed by atoms with E-state index in [9.17, 15) is 10.1 Å². The summed E-state index contributed by atoms with van der Waals surface area (Å²) in [5.74, 6) is -0.405. The number of rotatable bonds is 4. The van der Waals surface area contributed by atoms with Crippen molar-refractivity contribution >= 4 is 23.4 Å². The van der Waals surface area contributed by atoms with Gasteiger partial charge in [0.05, 0.1) is 13.2 Å². The first-order valence-corrected chi connectivity index (χ1v) is 9.00. The average molecular weight is 361 g/mol. The number of carbonyl (C=O) groups excluding carboxylic acids is 1. The number of nitriles is 1. The number of benzene rings is 2. The zero-order valence-electron chi connectivity index (χ0n) is 15.7. The van der Waals surface area contributed by atoms with Crippen molar-refractivity contribution in [3.63, 3.8) is 0 Å². The van der Waals surface area contributed by atoms with Crippen LogP contribution in [0.3, 0.4) is 0 Å². The molecule has 0 aromatic heterocycles. The van der Waals surface area contributed by atoms with Crippen LogP contribution in [0.4, 0.5) is 11.4 Å². The van der Waals surface area contributed by atoms with Crippen molar-refractivity contribution in [3.8, 4) is 6.07 Å². The highest BCUT2D eigenvalue weighted by atomic mass is 16.5. The Balaban J connectivity index is 1.72. The molecule has 138 valence electrons. The van der Waals surface area contributed by atoms with Crippen molar-refractivity contribution in [1.82, 2.24) is 0 Å². The summed E-state index contributed by atoms with van der Waals surface area (Å²) in [4.78, 5) is 14.7. The molecule has 0 bridgehead atoms. The molecule has 1 amide bonds. The third-order valence-corrected chi connectivity index (χ3v) is 4.71. The van der Waals surface area contributed by atoms with Crippen LogP contribution in [-0.2, 0) is 9.53 Å². The van der Waals surface area contributed by atoms with Gasteiger partial charge in [-0.2, -0.15) is 5.26 Å². The zero-order valence-corrected chi connectivity index (χ0v) is 15.7. The van der Waals surface area contributed by atoms with Gasteiger partial charge in [-0.15, -0.1) is 0 Å². The summed E-state index contributed by atoms with van der Waals surface area (Å²) >= 11 is 0. The Morgan fingerprint density at radius 3 is 2.44 bits per heavy atom. The van der Waals surface area contributed by atoms with E-state index in [1.165, 1.54) is 0 Å². The molecule has 1 aliphatic rings. The third-order valence-electron chi connectivity index (χ3n) is 4.71. The number of nitrogens with zero attached hydrogens (tertiary/aromatic N) is 2. The van der Waals surface area contributed by atoms with Gasteiger partial charge < -0.3 is 15.0 Å². The highest BCUT2D eigenvalue weighted by Crippen LogP contribution is 2.19. The average Bonchev–Trinajstić information content (AvgIpc) is 2.70. The molecule has 27 heavy (non-hydrogen) atoms. The molecule has 5 heteroatoms. The van der Waals surface area contributed by atoms with Gasteiger partial charge in [0.15, 0.2) is 0 Å². The Morgan fingerprint density at radius 1 is 1.11 bits per heavy atom. The molecule has 1 N–H and O–H groups in total.